The Morgan fingerprint density at radius 2 is 2.05 bits per heavy atom. The smallest absolute Gasteiger partial charge is 0.326 e. The van der Waals surface area contributed by atoms with E-state index in [1.165, 1.54) is 0 Å². The number of carboxylic acids is 2. The highest BCUT2D eigenvalue weighted by atomic mass is 16.5. The number of carbonyl (C=O) groups excluding carboxylic acids is 1. The number of carbonyl (C=O) groups is 3. The number of ether oxygens (including phenoxy) is 1. The van der Waals surface area contributed by atoms with Gasteiger partial charge in [0.25, 0.3) is 0 Å². The summed E-state index contributed by atoms with van der Waals surface area (Å²) in [5.74, 6) is -2.46. The van der Waals surface area contributed by atoms with Crippen molar-refractivity contribution in [3.05, 3.63) is 0 Å². The third-order valence-electron chi connectivity index (χ3n) is 3.26. The van der Waals surface area contributed by atoms with Gasteiger partial charge in [0.05, 0.1) is 12.5 Å². The Labute approximate surface area is 116 Å². The molecule has 1 fully saturated rings. The van der Waals surface area contributed by atoms with Gasteiger partial charge in [-0.15, -0.1) is 0 Å². The monoisotopic (exact) mass is 288 g/mol. The zero-order valence-electron chi connectivity index (χ0n) is 11.3. The summed E-state index contributed by atoms with van der Waals surface area (Å²) in [6.07, 6.45) is 1.14. The van der Waals surface area contributed by atoms with Gasteiger partial charge in [-0.1, -0.05) is 6.92 Å². The first-order chi connectivity index (χ1) is 9.43. The van der Waals surface area contributed by atoms with Crippen molar-refractivity contribution in [2.45, 2.75) is 38.3 Å². The van der Waals surface area contributed by atoms with Gasteiger partial charge in [0.1, 0.15) is 6.04 Å². The third-order valence-corrected chi connectivity index (χ3v) is 3.26. The van der Waals surface area contributed by atoms with Crippen LogP contribution in [0.5, 0.6) is 0 Å². The maximum absolute atomic E-state index is 11.6. The van der Waals surface area contributed by atoms with Crippen molar-refractivity contribution in [3.8, 4) is 0 Å². The lowest BCUT2D eigenvalue weighted by molar-refractivity contribution is -0.145. The predicted molar refractivity (Wildman–Crippen MR) is 68.3 cm³/mol. The van der Waals surface area contributed by atoms with Crippen LogP contribution in [-0.4, -0.2) is 53.5 Å². The van der Waals surface area contributed by atoms with E-state index in [0.29, 0.717) is 13.2 Å². The Morgan fingerprint density at radius 1 is 1.35 bits per heavy atom. The Kier molecular flexibility index (Phi) is 6.23. The number of urea groups is 1. The Hall–Kier alpha value is -1.83. The molecule has 3 atom stereocenters. The second kappa shape index (κ2) is 7.68. The maximum Gasteiger partial charge on any atom is 0.326 e. The summed E-state index contributed by atoms with van der Waals surface area (Å²) < 4.78 is 5.48. The van der Waals surface area contributed by atoms with Crippen molar-refractivity contribution in [2.75, 3.05) is 13.2 Å². The van der Waals surface area contributed by atoms with Gasteiger partial charge in [0.15, 0.2) is 0 Å². The largest absolute Gasteiger partial charge is 0.481 e. The number of rotatable bonds is 7. The van der Waals surface area contributed by atoms with E-state index < -0.39 is 30.4 Å². The van der Waals surface area contributed by atoms with Gasteiger partial charge in [-0.05, 0) is 12.8 Å². The molecule has 2 amide bonds. The molecule has 8 nitrogen and oxygen atoms in total. The lowest BCUT2D eigenvalue weighted by Crippen LogP contribution is -2.48. The first kappa shape index (κ1) is 16.2. The molecule has 1 aliphatic heterocycles. The van der Waals surface area contributed by atoms with Gasteiger partial charge in [-0.2, -0.15) is 0 Å². The van der Waals surface area contributed by atoms with Crippen molar-refractivity contribution in [1.29, 1.82) is 0 Å². The molecule has 1 heterocycles. The fraction of sp³-hybridized carbons (Fsp3) is 0.750. The van der Waals surface area contributed by atoms with Gasteiger partial charge in [0.2, 0.25) is 0 Å². The average Bonchev–Trinajstić information content (AvgIpc) is 2.82. The van der Waals surface area contributed by atoms with Crippen LogP contribution in [0.25, 0.3) is 0 Å². The van der Waals surface area contributed by atoms with E-state index in [4.69, 9.17) is 14.9 Å². The number of carboxylic acid groups (broad SMARTS) is 2. The molecular formula is C12H20N2O6. The third kappa shape index (κ3) is 5.04. The summed E-state index contributed by atoms with van der Waals surface area (Å²) in [6, 6.07) is -2.12. The zero-order chi connectivity index (χ0) is 15.1. The molecule has 1 aliphatic rings. The number of hydrogen-bond acceptors (Lipinski definition) is 4. The van der Waals surface area contributed by atoms with Crippen LogP contribution in [0.4, 0.5) is 4.79 Å². The van der Waals surface area contributed by atoms with E-state index in [1.807, 2.05) is 6.92 Å². The quantitative estimate of drug-likeness (QED) is 0.523. The van der Waals surface area contributed by atoms with Crippen LogP contribution in [0.3, 0.4) is 0 Å². The van der Waals surface area contributed by atoms with Crippen molar-refractivity contribution in [1.82, 2.24) is 10.6 Å². The first-order valence-electron chi connectivity index (χ1n) is 6.54. The molecule has 2 unspecified atom stereocenters. The van der Waals surface area contributed by atoms with Crippen LogP contribution in [-0.2, 0) is 14.3 Å². The molecule has 114 valence electrons. The van der Waals surface area contributed by atoms with Crippen LogP contribution >= 0.6 is 0 Å². The summed E-state index contributed by atoms with van der Waals surface area (Å²) in [6.45, 7) is 3.03. The molecule has 1 rings (SSSR count). The first-order valence-corrected chi connectivity index (χ1v) is 6.54. The highest BCUT2D eigenvalue weighted by Gasteiger charge is 2.28. The van der Waals surface area contributed by atoms with E-state index in [9.17, 15) is 14.4 Å². The number of aliphatic carboxylic acids is 2. The van der Waals surface area contributed by atoms with E-state index in [2.05, 4.69) is 10.6 Å². The molecule has 0 aromatic carbocycles. The summed E-state index contributed by atoms with van der Waals surface area (Å²) in [7, 11) is 0. The van der Waals surface area contributed by atoms with Crippen LogP contribution in [0.2, 0.25) is 0 Å². The predicted octanol–water partition coefficient (Wildman–Crippen LogP) is 0.0286. The highest BCUT2D eigenvalue weighted by Crippen LogP contribution is 2.22. The van der Waals surface area contributed by atoms with Crippen LogP contribution in [0, 0.1) is 5.92 Å². The molecule has 20 heavy (non-hydrogen) atoms. The number of amides is 2. The average molecular weight is 288 g/mol. The fourth-order valence-electron chi connectivity index (χ4n) is 2.19. The minimum Gasteiger partial charge on any atom is -0.481 e. The molecule has 0 aliphatic carbocycles. The molecule has 0 aromatic heterocycles. The van der Waals surface area contributed by atoms with Crippen molar-refractivity contribution < 1.29 is 29.3 Å². The summed E-state index contributed by atoms with van der Waals surface area (Å²) in [5.41, 5.74) is 0. The van der Waals surface area contributed by atoms with Crippen LogP contribution < -0.4 is 10.6 Å². The van der Waals surface area contributed by atoms with E-state index in [1.54, 1.807) is 0 Å². The van der Waals surface area contributed by atoms with Crippen LogP contribution in [0.15, 0.2) is 0 Å². The second-order valence-electron chi connectivity index (χ2n) is 4.71. The minimum absolute atomic E-state index is 0.101. The topological polar surface area (TPSA) is 125 Å². The Morgan fingerprint density at radius 3 is 2.60 bits per heavy atom. The molecule has 0 spiro atoms. The molecule has 1 saturated heterocycles. The molecular weight excluding hydrogens is 268 g/mol. The normalized spacial score (nSPS) is 23.1. The maximum atomic E-state index is 11.6. The SMILES string of the molecule is CCC1OCCC1CNC(=O)N[C@@H](CC(=O)O)C(=O)O. The van der Waals surface area contributed by atoms with Crippen molar-refractivity contribution in [2.24, 2.45) is 5.92 Å². The molecule has 0 saturated carbocycles. The van der Waals surface area contributed by atoms with E-state index in [0.717, 1.165) is 12.8 Å². The summed E-state index contributed by atoms with van der Waals surface area (Å²) in [4.78, 5) is 32.9. The van der Waals surface area contributed by atoms with Crippen molar-refractivity contribution >= 4 is 18.0 Å². The Bertz CT molecular complexity index is 373. The highest BCUT2D eigenvalue weighted by molar-refractivity contribution is 5.86. The molecule has 0 aromatic rings. The molecule has 8 heteroatoms. The Balaban J connectivity index is 2.38. The molecule has 4 N–H and O–H groups in total. The summed E-state index contributed by atoms with van der Waals surface area (Å²) >= 11 is 0. The second-order valence-corrected chi connectivity index (χ2v) is 4.71. The molecule has 0 bridgehead atoms. The van der Waals surface area contributed by atoms with Gasteiger partial charge in [-0.3, -0.25) is 4.79 Å². The fourth-order valence-corrected chi connectivity index (χ4v) is 2.19. The zero-order valence-corrected chi connectivity index (χ0v) is 11.3. The van der Waals surface area contributed by atoms with Crippen molar-refractivity contribution in [3.63, 3.8) is 0 Å². The summed E-state index contributed by atoms with van der Waals surface area (Å²) in [5, 5.41) is 22.1. The minimum atomic E-state index is -1.44. The van der Waals surface area contributed by atoms with Gasteiger partial charge in [-0.25, -0.2) is 9.59 Å². The lowest BCUT2D eigenvalue weighted by atomic mass is 10.00. The van der Waals surface area contributed by atoms with E-state index >= 15 is 0 Å². The number of nitrogens with one attached hydrogen (secondary N) is 2. The van der Waals surface area contributed by atoms with Gasteiger partial charge in [0, 0.05) is 19.1 Å². The number of hydrogen-bond donors (Lipinski definition) is 4. The lowest BCUT2D eigenvalue weighted by Gasteiger charge is -2.18. The standard InChI is InChI=1S/C12H20N2O6/c1-2-9-7(3-4-20-9)6-13-12(19)14-8(11(17)18)5-10(15)16/h7-9H,2-6H2,1H3,(H,15,16)(H,17,18)(H2,13,14,19)/t7?,8-,9?/m0/s1. The van der Waals surface area contributed by atoms with Crippen LogP contribution in [0.1, 0.15) is 26.2 Å². The molecule has 0 radical (unpaired) electrons. The van der Waals surface area contributed by atoms with Gasteiger partial charge >= 0.3 is 18.0 Å². The van der Waals surface area contributed by atoms with Gasteiger partial charge < -0.3 is 25.6 Å². The van der Waals surface area contributed by atoms with E-state index in [-0.39, 0.29) is 12.0 Å².